The lowest BCUT2D eigenvalue weighted by Gasteiger charge is -2.05. The van der Waals surface area contributed by atoms with Gasteiger partial charge in [0.2, 0.25) is 0 Å². The molecule has 0 radical (unpaired) electrons. The summed E-state index contributed by atoms with van der Waals surface area (Å²) in [4.78, 5) is 0.969. The van der Waals surface area contributed by atoms with Gasteiger partial charge in [-0.3, -0.25) is 0 Å². The smallest absolute Gasteiger partial charge is 0.179 e. The van der Waals surface area contributed by atoms with E-state index in [0.29, 0.717) is 5.69 Å². The van der Waals surface area contributed by atoms with E-state index in [0.717, 1.165) is 20.0 Å². The van der Waals surface area contributed by atoms with E-state index >= 15 is 0 Å². The summed E-state index contributed by atoms with van der Waals surface area (Å²) < 4.78 is 5.99. The van der Waals surface area contributed by atoms with Crippen molar-refractivity contribution in [2.24, 2.45) is 0 Å². The number of nitrogens with two attached hydrogens (primary N) is 1. The van der Waals surface area contributed by atoms with Gasteiger partial charge in [0.25, 0.3) is 0 Å². The molecule has 84 valence electrons. The summed E-state index contributed by atoms with van der Waals surface area (Å²) in [6, 6.07) is 5.61. The van der Waals surface area contributed by atoms with Crippen LogP contribution < -0.4 is 10.5 Å². The first-order valence-electron chi connectivity index (χ1n) is 4.60. The number of anilines is 1. The maximum atomic E-state index is 5.91. The zero-order valence-electron chi connectivity index (χ0n) is 8.93. The van der Waals surface area contributed by atoms with Crippen molar-refractivity contribution in [2.75, 3.05) is 12.8 Å². The highest BCUT2D eigenvalue weighted by molar-refractivity contribution is 8.01. The average Bonchev–Trinajstić information content (AvgIpc) is 2.67. The third-order valence-corrected chi connectivity index (χ3v) is 3.90. The number of ether oxygens (including phenoxy) is 1. The van der Waals surface area contributed by atoms with Crippen molar-refractivity contribution in [1.29, 1.82) is 0 Å². The summed E-state index contributed by atoms with van der Waals surface area (Å²) in [6.45, 7) is 1.93. The van der Waals surface area contributed by atoms with Gasteiger partial charge in [-0.05, 0) is 19.1 Å². The minimum atomic E-state index is 0.692. The number of hydrogen-bond acceptors (Lipinski definition) is 6. The minimum Gasteiger partial charge on any atom is -0.497 e. The van der Waals surface area contributed by atoms with Gasteiger partial charge in [0, 0.05) is 16.6 Å². The van der Waals surface area contributed by atoms with E-state index < -0.39 is 0 Å². The summed E-state index contributed by atoms with van der Waals surface area (Å²) in [7, 11) is 1.62. The summed E-state index contributed by atoms with van der Waals surface area (Å²) in [6.07, 6.45) is 0. The molecular formula is C10H11N3OS2. The van der Waals surface area contributed by atoms with E-state index in [4.69, 9.17) is 10.5 Å². The maximum Gasteiger partial charge on any atom is 0.179 e. The monoisotopic (exact) mass is 253 g/mol. The van der Waals surface area contributed by atoms with Crippen molar-refractivity contribution in [1.82, 2.24) is 10.2 Å². The number of rotatable bonds is 3. The lowest BCUT2D eigenvalue weighted by atomic mass is 10.3. The standard InChI is InChI=1S/C10H11N3OS2/c1-6-12-13-10(15-6)16-9-4-3-7(14-2)5-8(9)11/h3-5H,11H2,1-2H3. The van der Waals surface area contributed by atoms with Crippen molar-refractivity contribution in [3.8, 4) is 5.75 Å². The molecule has 0 aliphatic rings. The molecule has 0 aliphatic carbocycles. The van der Waals surface area contributed by atoms with Crippen LogP contribution in [0.5, 0.6) is 5.75 Å². The molecule has 0 spiro atoms. The lowest BCUT2D eigenvalue weighted by molar-refractivity contribution is 0.415. The van der Waals surface area contributed by atoms with Gasteiger partial charge in [0.1, 0.15) is 10.8 Å². The van der Waals surface area contributed by atoms with Crippen molar-refractivity contribution in [3.63, 3.8) is 0 Å². The van der Waals surface area contributed by atoms with Crippen LogP contribution in [0.3, 0.4) is 0 Å². The van der Waals surface area contributed by atoms with E-state index in [2.05, 4.69) is 10.2 Å². The number of methoxy groups -OCH3 is 1. The lowest BCUT2D eigenvalue weighted by Crippen LogP contribution is -1.90. The fourth-order valence-electron chi connectivity index (χ4n) is 1.16. The second-order valence-corrected chi connectivity index (χ2v) is 5.56. The van der Waals surface area contributed by atoms with Gasteiger partial charge in [-0.15, -0.1) is 10.2 Å². The molecule has 2 N–H and O–H groups in total. The normalized spacial score (nSPS) is 10.4. The first-order chi connectivity index (χ1) is 7.69. The van der Waals surface area contributed by atoms with Crippen LogP contribution in [-0.4, -0.2) is 17.3 Å². The Morgan fingerprint density at radius 1 is 1.38 bits per heavy atom. The zero-order chi connectivity index (χ0) is 11.5. The fraction of sp³-hybridized carbons (Fsp3) is 0.200. The Morgan fingerprint density at radius 2 is 2.19 bits per heavy atom. The number of nitrogen functional groups attached to an aromatic ring is 1. The van der Waals surface area contributed by atoms with Crippen LogP contribution in [-0.2, 0) is 0 Å². The SMILES string of the molecule is COc1ccc(Sc2nnc(C)s2)c(N)c1. The molecule has 0 aliphatic heterocycles. The second-order valence-electron chi connectivity index (χ2n) is 3.09. The fourth-order valence-corrected chi connectivity index (χ4v) is 2.96. The van der Waals surface area contributed by atoms with Crippen molar-refractivity contribution >= 4 is 28.8 Å². The third-order valence-electron chi connectivity index (χ3n) is 1.92. The van der Waals surface area contributed by atoms with Gasteiger partial charge in [-0.1, -0.05) is 23.1 Å². The molecule has 4 nitrogen and oxygen atoms in total. The largest absolute Gasteiger partial charge is 0.497 e. The molecule has 0 atom stereocenters. The molecule has 0 saturated carbocycles. The molecule has 0 bridgehead atoms. The Hall–Kier alpha value is -1.27. The van der Waals surface area contributed by atoms with Gasteiger partial charge in [0.15, 0.2) is 4.34 Å². The van der Waals surface area contributed by atoms with Crippen LogP contribution in [0, 0.1) is 6.92 Å². The molecular weight excluding hydrogens is 242 g/mol. The summed E-state index contributed by atoms with van der Waals surface area (Å²) in [5, 5.41) is 8.95. The van der Waals surface area contributed by atoms with Crippen molar-refractivity contribution in [2.45, 2.75) is 16.2 Å². The van der Waals surface area contributed by atoms with Crippen LogP contribution in [0.1, 0.15) is 5.01 Å². The van der Waals surface area contributed by atoms with E-state index in [9.17, 15) is 0 Å². The molecule has 6 heteroatoms. The average molecular weight is 253 g/mol. The number of nitrogens with zero attached hydrogens (tertiary/aromatic N) is 2. The molecule has 1 heterocycles. The highest BCUT2D eigenvalue weighted by atomic mass is 32.2. The predicted octanol–water partition coefficient (Wildman–Crippen LogP) is 2.59. The Morgan fingerprint density at radius 3 is 2.75 bits per heavy atom. The molecule has 0 unspecified atom stereocenters. The van der Waals surface area contributed by atoms with Crippen LogP contribution in [0.25, 0.3) is 0 Å². The molecule has 0 saturated heterocycles. The maximum absolute atomic E-state index is 5.91. The number of hydrogen-bond donors (Lipinski definition) is 1. The number of benzene rings is 1. The van der Waals surface area contributed by atoms with E-state index in [1.54, 1.807) is 24.5 Å². The van der Waals surface area contributed by atoms with Gasteiger partial charge in [-0.2, -0.15) is 0 Å². The highest BCUT2D eigenvalue weighted by Gasteiger charge is 2.07. The van der Waals surface area contributed by atoms with E-state index in [-0.39, 0.29) is 0 Å². The summed E-state index contributed by atoms with van der Waals surface area (Å²) >= 11 is 3.07. The molecule has 0 amide bonds. The number of aryl methyl sites for hydroxylation is 1. The van der Waals surface area contributed by atoms with Gasteiger partial charge >= 0.3 is 0 Å². The Bertz CT molecular complexity index is 499. The van der Waals surface area contributed by atoms with Crippen LogP contribution >= 0.6 is 23.1 Å². The second kappa shape index (κ2) is 4.71. The first kappa shape index (κ1) is 11.2. The van der Waals surface area contributed by atoms with Crippen LogP contribution in [0.2, 0.25) is 0 Å². The molecule has 1 aromatic carbocycles. The Kier molecular flexibility index (Phi) is 3.31. The summed E-state index contributed by atoms with van der Waals surface area (Å²) in [5.74, 6) is 0.760. The van der Waals surface area contributed by atoms with Gasteiger partial charge in [-0.25, -0.2) is 0 Å². The summed E-state index contributed by atoms with van der Waals surface area (Å²) in [5.41, 5.74) is 6.60. The van der Waals surface area contributed by atoms with Gasteiger partial charge < -0.3 is 10.5 Å². The molecule has 16 heavy (non-hydrogen) atoms. The van der Waals surface area contributed by atoms with Crippen molar-refractivity contribution < 1.29 is 4.74 Å². The predicted molar refractivity (Wildman–Crippen MR) is 66.2 cm³/mol. The van der Waals surface area contributed by atoms with Gasteiger partial charge in [0.05, 0.1) is 7.11 Å². The Labute approximate surface area is 102 Å². The van der Waals surface area contributed by atoms with Crippen LogP contribution in [0.4, 0.5) is 5.69 Å². The number of aromatic nitrogens is 2. The molecule has 1 aromatic heterocycles. The third kappa shape index (κ3) is 2.45. The first-order valence-corrected chi connectivity index (χ1v) is 6.24. The zero-order valence-corrected chi connectivity index (χ0v) is 10.6. The quantitative estimate of drug-likeness (QED) is 0.852. The van der Waals surface area contributed by atoms with E-state index in [1.807, 2.05) is 19.1 Å². The highest BCUT2D eigenvalue weighted by Crippen LogP contribution is 2.35. The molecule has 0 fully saturated rings. The minimum absolute atomic E-state index is 0.692. The topological polar surface area (TPSA) is 61.0 Å². The van der Waals surface area contributed by atoms with E-state index in [1.165, 1.54) is 11.8 Å². The Balaban J connectivity index is 2.21. The van der Waals surface area contributed by atoms with Crippen molar-refractivity contribution in [3.05, 3.63) is 23.2 Å². The van der Waals surface area contributed by atoms with Crippen LogP contribution in [0.15, 0.2) is 27.4 Å². The molecule has 2 rings (SSSR count). The molecule has 2 aromatic rings.